The van der Waals surface area contributed by atoms with Crippen LogP contribution in [-0.2, 0) is 5.41 Å². The Hall–Kier alpha value is -6.96. The average molecular weight is 716 g/mol. The van der Waals surface area contributed by atoms with Crippen LogP contribution in [0.15, 0.2) is 212 Å². The molecule has 0 radical (unpaired) electrons. The average Bonchev–Trinajstić information content (AvgIpc) is 3.50. The van der Waals surface area contributed by atoms with E-state index in [0.29, 0.717) is 0 Å². The third-order valence-corrected chi connectivity index (χ3v) is 11.7. The summed E-state index contributed by atoms with van der Waals surface area (Å²) >= 11 is 0. The van der Waals surface area contributed by atoms with Gasteiger partial charge in [0, 0.05) is 22.5 Å². The van der Waals surface area contributed by atoms with E-state index < -0.39 is 0 Å². The standard InChI is InChI=1S/C55H41N/c1-55(2)52-23-9-8-20-51(52)54-50(22-12-24-53(54)55)42-29-35-47(36-30-42)56(46-33-27-41(28-34-46)49-21-11-16-40-15-6-7-19-48(40)49)45-31-25-39(26-32-45)44-18-10-17-43(37-44)38-13-4-3-5-14-38/h3-37H,1-2H3. The van der Waals surface area contributed by atoms with Crippen molar-refractivity contribution in [3.05, 3.63) is 223 Å². The maximum atomic E-state index is 2.37. The lowest BCUT2D eigenvalue weighted by molar-refractivity contribution is 0.660. The second-order valence-electron chi connectivity index (χ2n) is 15.3. The lowest BCUT2D eigenvalue weighted by atomic mass is 9.82. The SMILES string of the molecule is CC1(C)c2ccccc2-c2c(-c3ccc(N(c4ccc(-c5cccc(-c6ccccc6)c5)cc4)c4ccc(-c5cccc6ccccc56)cc4)cc3)cccc21. The molecule has 56 heavy (non-hydrogen) atoms. The van der Waals surface area contributed by atoms with Crippen LogP contribution in [0, 0.1) is 0 Å². The van der Waals surface area contributed by atoms with E-state index in [1.54, 1.807) is 0 Å². The van der Waals surface area contributed by atoms with Gasteiger partial charge < -0.3 is 4.90 Å². The fraction of sp³-hybridized carbons (Fsp3) is 0.0545. The van der Waals surface area contributed by atoms with Crippen LogP contribution in [-0.4, -0.2) is 0 Å². The Labute approximate surface area is 329 Å². The molecule has 9 aromatic carbocycles. The Morgan fingerprint density at radius 2 is 0.768 bits per heavy atom. The van der Waals surface area contributed by atoms with E-state index in [1.165, 1.54) is 77.5 Å². The van der Waals surface area contributed by atoms with Gasteiger partial charge in [0.2, 0.25) is 0 Å². The van der Waals surface area contributed by atoms with Gasteiger partial charge in [-0.1, -0.05) is 184 Å². The first kappa shape index (κ1) is 33.6. The summed E-state index contributed by atoms with van der Waals surface area (Å²) in [7, 11) is 0. The third kappa shape index (κ3) is 5.81. The molecule has 10 rings (SSSR count). The van der Waals surface area contributed by atoms with Gasteiger partial charge in [-0.05, 0) is 120 Å². The summed E-state index contributed by atoms with van der Waals surface area (Å²) in [5, 5.41) is 2.52. The van der Waals surface area contributed by atoms with Gasteiger partial charge in [-0.3, -0.25) is 0 Å². The van der Waals surface area contributed by atoms with E-state index in [2.05, 4.69) is 231 Å². The Morgan fingerprint density at radius 1 is 0.321 bits per heavy atom. The molecule has 0 N–H and O–H groups in total. The van der Waals surface area contributed by atoms with Crippen LogP contribution in [0.25, 0.3) is 66.4 Å². The van der Waals surface area contributed by atoms with Gasteiger partial charge >= 0.3 is 0 Å². The molecule has 1 aliphatic rings. The van der Waals surface area contributed by atoms with Gasteiger partial charge in [0.05, 0.1) is 0 Å². The van der Waals surface area contributed by atoms with Crippen LogP contribution in [0.3, 0.4) is 0 Å². The van der Waals surface area contributed by atoms with Crippen molar-refractivity contribution in [3.63, 3.8) is 0 Å². The fourth-order valence-corrected chi connectivity index (χ4v) is 8.81. The Kier molecular flexibility index (Phi) is 8.23. The summed E-state index contributed by atoms with van der Waals surface area (Å²) in [5.74, 6) is 0. The third-order valence-electron chi connectivity index (χ3n) is 11.7. The van der Waals surface area contributed by atoms with Crippen molar-refractivity contribution in [1.29, 1.82) is 0 Å². The molecular formula is C55H41N. The van der Waals surface area contributed by atoms with Crippen molar-refractivity contribution in [2.24, 2.45) is 0 Å². The van der Waals surface area contributed by atoms with Crippen LogP contribution < -0.4 is 4.90 Å². The van der Waals surface area contributed by atoms with Gasteiger partial charge in [0.15, 0.2) is 0 Å². The van der Waals surface area contributed by atoms with E-state index >= 15 is 0 Å². The molecular weight excluding hydrogens is 675 g/mol. The summed E-state index contributed by atoms with van der Waals surface area (Å²) in [6.07, 6.45) is 0. The topological polar surface area (TPSA) is 3.24 Å². The molecule has 0 atom stereocenters. The summed E-state index contributed by atoms with van der Waals surface area (Å²) in [6, 6.07) is 77.5. The quantitative estimate of drug-likeness (QED) is 0.159. The predicted molar refractivity (Wildman–Crippen MR) is 238 cm³/mol. The summed E-state index contributed by atoms with van der Waals surface area (Å²) in [6.45, 7) is 4.69. The molecule has 0 saturated carbocycles. The van der Waals surface area contributed by atoms with Crippen molar-refractivity contribution < 1.29 is 0 Å². The Bertz CT molecular complexity index is 2840. The van der Waals surface area contributed by atoms with E-state index in [4.69, 9.17) is 0 Å². The van der Waals surface area contributed by atoms with Gasteiger partial charge in [-0.25, -0.2) is 0 Å². The van der Waals surface area contributed by atoms with Crippen LogP contribution >= 0.6 is 0 Å². The maximum Gasteiger partial charge on any atom is 0.0462 e. The zero-order valence-corrected chi connectivity index (χ0v) is 31.7. The van der Waals surface area contributed by atoms with Crippen LogP contribution in [0.4, 0.5) is 17.1 Å². The number of hydrogen-bond donors (Lipinski definition) is 0. The maximum absolute atomic E-state index is 2.37. The van der Waals surface area contributed by atoms with Gasteiger partial charge in [-0.2, -0.15) is 0 Å². The lowest BCUT2D eigenvalue weighted by Gasteiger charge is -2.26. The molecule has 0 heterocycles. The van der Waals surface area contributed by atoms with Crippen molar-refractivity contribution in [1.82, 2.24) is 0 Å². The predicted octanol–water partition coefficient (Wildman–Crippen LogP) is 15.3. The first-order valence-corrected chi connectivity index (χ1v) is 19.5. The van der Waals surface area contributed by atoms with E-state index in [0.717, 1.165) is 17.1 Å². The highest BCUT2D eigenvalue weighted by Crippen LogP contribution is 2.52. The normalized spacial score (nSPS) is 12.6. The molecule has 0 amide bonds. The molecule has 0 aromatic heterocycles. The number of benzene rings is 9. The highest BCUT2D eigenvalue weighted by atomic mass is 15.1. The Morgan fingerprint density at radius 3 is 1.46 bits per heavy atom. The first-order valence-electron chi connectivity index (χ1n) is 19.5. The minimum atomic E-state index is -0.0358. The van der Waals surface area contributed by atoms with Crippen LogP contribution in [0.1, 0.15) is 25.0 Å². The number of anilines is 3. The van der Waals surface area contributed by atoms with Crippen molar-refractivity contribution in [2.75, 3.05) is 4.90 Å². The van der Waals surface area contributed by atoms with Crippen LogP contribution in [0.5, 0.6) is 0 Å². The highest BCUT2D eigenvalue weighted by Gasteiger charge is 2.36. The second-order valence-corrected chi connectivity index (χ2v) is 15.3. The molecule has 0 fully saturated rings. The summed E-state index contributed by atoms with van der Waals surface area (Å²) < 4.78 is 0. The second kappa shape index (κ2) is 13.7. The van der Waals surface area contributed by atoms with Crippen molar-refractivity contribution in [3.8, 4) is 55.6 Å². The minimum absolute atomic E-state index is 0.0358. The summed E-state index contributed by atoms with van der Waals surface area (Å²) in [5.41, 5.74) is 18.6. The van der Waals surface area contributed by atoms with Crippen LogP contribution in [0.2, 0.25) is 0 Å². The van der Waals surface area contributed by atoms with Crippen molar-refractivity contribution >= 4 is 27.8 Å². The molecule has 1 nitrogen and oxygen atoms in total. The largest absolute Gasteiger partial charge is 0.311 e. The van der Waals surface area contributed by atoms with Crippen molar-refractivity contribution in [2.45, 2.75) is 19.3 Å². The number of rotatable bonds is 7. The Balaban J connectivity index is 1.04. The number of nitrogens with zero attached hydrogens (tertiary/aromatic N) is 1. The molecule has 1 heteroatoms. The van der Waals surface area contributed by atoms with Gasteiger partial charge in [-0.15, -0.1) is 0 Å². The lowest BCUT2D eigenvalue weighted by Crippen LogP contribution is -2.14. The minimum Gasteiger partial charge on any atom is -0.311 e. The number of fused-ring (bicyclic) bond motifs is 4. The van der Waals surface area contributed by atoms with E-state index in [-0.39, 0.29) is 5.41 Å². The monoisotopic (exact) mass is 715 g/mol. The molecule has 266 valence electrons. The molecule has 0 saturated heterocycles. The summed E-state index contributed by atoms with van der Waals surface area (Å²) in [4.78, 5) is 2.37. The molecule has 0 unspecified atom stereocenters. The van der Waals surface area contributed by atoms with Gasteiger partial charge in [0.1, 0.15) is 0 Å². The molecule has 9 aromatic rings. The smallest absolute Gasteiger partial charge is 0.0462 e. The molecule has 0 aliphatic heterocycles. The van der Waals surface area contributed by atoms with E-state index in [1.807, 2.05) is 0 Å². The molecule has 1 aliphatic carbocycles. The fourth-order valence-electron chi connectivity index (χ4n) is 8.81. The zero-order chi connectivity index (χ0) is 37.6. The highest BCUT2D eigenvalue weighted by molar-refractivity contribution is 5.97. The van der Waals surface area contributed by atoms with Gasteiger partial charge in [0.25, 0.3) is 0 Å². The molecule has 0 spiro atoms. The zero-order valence-electron chi connectivity index (χ0n) is 31.7. The first-order chi connectivity index (χ1) is 27.5. The van der Waals surface area contributed by atoms with E-state index in [9.17, 15) is 0 Å². The molecule has 0 bridgehead atoms. The number of hydrogen-bond acceptors (Lipinski definition) is 1.